The molecule has 1 saturated heterocycles. The van der Waals surface area contributed by atoms with Crippen molar-refractivity contribution < 1.29 is 9.53 Å². The van der Waals surface area contributed by atoms with E-state index < -0.39 is 0 Å². The van der Waals surface area contributed by atoms with Crippen LogP contribution < -0.4 is 5.32 Å². The number of carbonyl (C=O) groups is 1. The highest BCUT2D eigenvalue weighted by atomic mass is 16.5. The first-order chi connectivity index (χ1) is 5.83. The lowest BCUT2D eigenvalue weighted by Gasteiger charge is -2.07. The normalized spacial score (nSPS) is 21.8. The summed E-state index contributed by atoms with van der Waals surface area (Å²) < 4.78 is 5.13. The molecule has 0 aromatic heterocycles. The fourth-order valence-corrected chi connectivity index (χ4v) is 1.14. The van der Waals surface area contributed by atoms with Gasteiger partial charge in [-0.1, -0.05) is 0 Å². The zero-order chi connectivity index (χ0) is 8.81. The SMILES string of the molecule is N#CCC(=O)NCC1CCOC1. The van der Waals surface area contributed by atoms with Gasteiger partial charge < -0.3 is 10.1 Å². The Kier molecular flexibility index (Phi) is 3.55. The quantitative estimate of drug-likeness (QED) is 0.647. The molecule has 0 aromatic rings. The van der Waals surface area contributed by atoms with Gasteiger partial charge >= 0.3 is 0 Å². The van der Waals surface area contributed by atoms with E-state index in [-0.39, 0.29) is 12.3 Å². The molecule has 1 rings (SSSR count). The minimum atomic E-state index is -0.190. The van der Waals surface area contributed by atoms with Gasteiger partial charge in [-0.25, -0.2) is 0 Å². The summed E-state index contributed by atoms with van der Waals surface area (Å²) in [6, 6.07) is 1.80. The van der Waals surface area contributed by atoms with Crippen molar-refractivity contribution in [2.75, 3.05) is 19.8 Å². The number of nitriles is 1. The molecule has 1 aliphatic heterocycles. The molecule has 1 unspecified atom stereocenters. The molecular weight excluding hydrogens is 156 g/mol. The summed E-state index contributed by atoms with van der Waals surface area (Å²) >= 11 is 0. The molecule has 0 radical (unpaired) electrons. The Balaban J connectivity index is 2.08. The van der Waals surface area contributed by atoms with Crippen LogP contribution in [0.3, 0.4) is 0 Å². The molecule has 1 heterocycles. The van der Waals surface area contributed by atoms with Gasteiger partial charge in [0.05, 0.1) is 12.7 Å². The van der Waals surface area contributed by atoms with Crippen molar-refractivity contribution >= 4 is 5.91 Å². The van der Waals surface area contributed by atoms with Crippen molar-refractivity contribution in [2.24, 2.45) is 5.92 Å². The zero-order valence-corrected chi connectivity index (χ0v) is 6.88. The highest BCUT2D eigenvalue weighted by molar-refractivity contribution is 5.77. The average molecular weight is 168 g/mol. The molecule has 1 amide bonds. The van der Waals surface area contributed by atoms with Gasteiger partial charge in [0, 0.05) is 19.1 Å². The van der Waals surface area contributed by atoms with E-state index in [0.29, 0.717) is 12.5 Å². The van der Waals surface area contributed by atoms with E-state index >= 15 is 0 Å². The molecule has 4 nitrogen and oxygen atoms in total. The molecule has 0 aliphatic carbocycles. The minimum Gasteiger partial charge on any atom is -0.381 e. The summed E-state index contributed by atoms with van der Waals surface area (Å²) in [5.74, 6) is 0.247. The molecule has 1 N–H and O–H groups in total. The third-order valence-corrected chi connectivity index (χ3v) is 1.85. The van der Waals surface area contributed by atoms with Crippen molar-refractivity contribution in [1.29, 1.82) is 5.26 Å². The number of amides is 1. The Hall–Kier alpha value is -1.08. The minimum absolute atomic E-state index is 0.0480. The van der Waals surface area contributed by atoms with Crippen LogP contribution in [0.2, 0.25) is 0 Å². The topological polar surface area (TPSA) is 62.1 Å². The van der Waals surface area contributed by atoms with Crippen LogP contribution in [0.5, 0.6) is 0 Å². The van der Waals surface area contributed by atoms with Crippen molar-refractivity contribution in [3.63, 3.8) is 0 Å². The molecule has 1 aliphatic rings. The van der Waals surface area contributed by atoms with Crippen LogP contribution in [-0.4, -0.2) is 25.7 Å². The standard InChI is InChI=1S/C8H12N2O2/c9-3-1-8(11)10-5-7-2-4-12-6-7/h7H,1-2,4-6H2,(H,10,11). The van der Waals surface area contributed by atoms with Crippen LogP contribution in [0.4, 0.5) is 0 Å². The van der Waals surface area contributed by atoms with E-state index in [1.807, 2.05) is 0 Å². The van der Waals surface area contributed by atoms with Gasteiger partial charge in [-0.2, -0.15) is 5.26 Å². The number of ether oxygens (including phenoxy) is 1. The first-order valence-electron chi connectivity index (χ1n) is 4.04. The molecule has 4 heteroatoms. The van der Waals surface area contributed by atoms with Crippen LogP contribution in [0, 0.1) is 17.2 Å². The van der Waals surface area contributed by atoms with Crippen LogP contribution in [0.25, 0.3) is 0 Å². The van der Waals surface area contributed by atoms with Crippen molar-refractivity contribution in [2.45, 2.75) is 12.8 Å². The van der Waals surface area contributed by atoms with E-state index in [1.54, 1.807) is 6.07 Å². The third-order valence-electron chi connectivity index (χ3n) is 1.85. The van der Waals surface area contributed by atoms with Crippen LogP contribution in [0.15, 0.2) is 0 Å². The van der Waals surface area contributed by atoms with Gasteiger partial charge in [-0.15, -0.1) is 0 Å². The summed E-state index contributed by atoms with van der Waals surface area (Å²) in [5.41, 5.74) is 0. The first kappa shape index (κ1) is 9.01. The molecule has 66 valence electrons. The van der Waals surface area contributed by atoms with E-state index in [4.69, 9.17) is 10.00 Å². The smallest absolute Gasteiger partial charge is 0.234 e. The second-order valence-corrected chi connectivity index (χ2v) is 2.87. The van der Waals surface area contributed by atoms with Crippen molar-refractivity contribution in [3.05, 3.63) is 0 Å². The van der Waals surface area contributed by atoms with E-state index in [9.17, 15) is 4.79 Å². The molecule has 0 bridgehead atoms. The van der Waals surface area contributed by atoms with Crippen LogP contribution in [0.1, 0.15) is 12.8 Å². The van der Waals surface area contributed by atoms with Crippen LogP contribution in [-0.2, 0) is 9.53 Å². The monoisotopic (exact) mass is 168 g/mol. The Morgan fingerprint density at radius 2 is 2.58 bits per heavy atom. The van der Waals surface area contributed by atoms with Gasteiger partial charge in [0.2, 0.25) is 5.91 Å². The molecular formula is C8H12N2O2. The summed E-state index contributed by atoms with van der Waals surface area (Å²) in [4.78, 5) is 10.8. The maximum Gasteiger partial charge on any atom is 0.234 e. The summed E-state index contributed by atoms with van der Waals surface area (Å²) in [6.45, 7) is 2.16. The highest BCUT2D eigenvalue weighted by Crippen LogP contribution is 2.10. The van der Waals surface area contributed by atoms with Gasteiger partial charge in [0.1, 0.15) is 6.42 Å². The first-order valence-corrected chi connectivity index (χ1v) is 4.04. The fourth-order valence-electron chi connectivity index (χ4n) is 1.14. The molecule has 1 atom stereocenters. The van der Waals surface area contributed by atoms with E-state index in [1.165, 1.54) is 0 Å². The number of nitrogens with one attached hydrogen (secondary N) is 1. The number of carbonyl (C=O) groups excluding carboxylic acids is 1. The molecule has 0 spiro atoms. The Morgan fingerprint density at radius 1 is 1.75 bits per heavy atom. The second-order valence-electron chi connectivity index (χ2n) is 2.87. The lowest BCUT2D eigenvalue weighted by Crippen LogP contribution is -2.28. The average Bonchev–Trinajstić information content (AvgIpc) is 2.53. The summed E-state index contributed by atoms with van der Waals surface area (Å²) in [7, 11) is 0. The number of nitrogens with zero attached hydrogens (tertiary/aromatic N) is 1. The van der Waals surface area contributed by atoms with E-state index in [0.717, 1.165) is 19.6 Å². The largest absolute Gasteiger partial charge is 0.381 e. The van der Waals surface area contributed by atoms with Crippen molar-refractivity contribution in [1.82, 2.24) is 5.32 Å². The summed E-state index contributed by atoms with van der Waals surface area (Å²) in [5, 5.41) is 10.9. The number of hydrogen-bond donors (Lipinski definition) is 1. The van der Waals surface area contributed by atoms with Gasteiger partial charge in [-0.3, -0.25) is 4.79 Å². The predicted octanol–water partition coefficient (Wildman–Crippen LogP) is 0.0528. The summed E-state index contributed by atoms with van der Waals surface area (Å²) in [6.07, 6.45) is 0.959. The lowest BCUT2D eigenvalue weighted by atomic mass is 10.1. The Bertz CT molecular complexity index is 192. The maximum atomic E-state index is 10.8. The zero-order valence-electron chi connectivity index (χ0n) is 6.88. The fraction of sp³-hybridized carbons (Fsp3) is 0.750. The predicted molar refractivity (Wildman–Crippen MR) is 42.2 cm³/mol. The Morgan fingerprint density at radius 3 is 3.17 bits per heavy atom. The van der Waals surface area contributed by atoms with Gasteiger partial charge in [0.25, 0.3) is 0 Å². The molecule has 12 heavy (non-hydrogen) atoms. The second kappa shape index (κ2) is 4.73. The molecule has 0 aromatic carbocycles. The van der Waals surface area contributed by atoms with Crippen LogP contribution >= 0.6 is 0 Å². The van der Waals surface area contributed by atoms with E-state index in [2.05, 4.69) is 5.32 Å². The van der Waals surface area contributed by atoms with Gasteiger partial charge in [-0.05, 0) is 6.42 Å². The molecule has 0 saturated carbocycles. The number of rotatable bonds is 3. The number of hydrogen-bond acceptors (Lipinski definition) is 3. The maximum absolute atomic E-state index is 10.8. The third kappa shape index (κ3) is 2.89. The Labute approximate surface area is 71.5 Å². The highest BCUT2D eigenvalue weighted by Gasteiger charge is 2.15. The molecule has 1 fully saturated rings. The van der Waals surface area contributed by atoms with Crippen molar-refractivity contribution in [3.8, 4) is 6.07 Å². The lowest BCUT2D eigenvalue weighted by molar-refractivity contribution is -0.120. The van der Waals surface area contributed by atoms with Gasteiger partial charge in [0.15, 0.2) is 0 Å².